The van der Waals surface area contributed by atoms with Crippen LogP contribution in [0.25, 0.3) is 16.0 Å². The molecule has 0 fully saturated rings. The molecule has 0 saturated carbocycles. The molecule has 10 nitrogen and oxygen atoms in total. The smallest absolute Gasteiger partial charge is 0.349 e. The predicted octanol–water partition coefficient (Wildman–Crippen LogP) is 3.43. The van der Waals surface area contributed by atoms with Crippen molar-refractivity contribution in [3.05, 3.63) is 69.3 Å². The first-order valence-electron chi connectivity index (χ1n) is 10.8. The van der Waals surface area contributed by atoms with Crippen molar-refractivity contribution >= 4 is 50.8 Å². The number of hydrogen-bond donors (Lipinski definition) is 2. The molecule has 35 heavy (non-hydrogen) atoms. The third kappa shape index (κ3) is 3.75. The number of aromatic carboxylic acids is 1. The molecule has 0 atom stereocenters. The van der Waals surface area contributed by atoms with Crippen molar-refractivity contribution in [2.24, 2.45) is 0 Å². The maximum Gasteiger partial charge on any atom is 0.349 e. The number of carbonyl (C=O) groups excluding carboxylic acids is 1. The van der Waals surface area contributed by atoms with Crippen molar-refractivity contribution in [3.63, 3.8) is 0 Å². The van der Waals surface area contributed by atoms with Gasteiger partial charge >= 0.3 is 11.9 Å². The number of nitrogen functional groups attached to an aromatic ring is 1. The summed E-state index contributed by atoms with van der Waals surface area (Å²) in [6, 6.07) is 14.8. The lowest BCUT2D eigenvalue weighted by molar-refractivity contribution is 0.0521. The van der Waals surface area contributed by atoms with E-state index in [4.69, 9.17) is 15.2 Å². The highest BCUT2D eigenvalue weighted by Gasteiger charge is 2.30. The molecule has 0 saturated heterocycles. The molecule has 2 aromatic heterocycles. The second-order valence-electron chi connectivity index (χ2n) is 7.61. The molecule has 5 rings (SSSR count). The highest BCUT2D eigenvalue weighted by Crippen LogP contribution is 2.39. The summed E-state index contributed by atoms with van der Waals surface area (Å²) in [6.45, 7) is 2.74. The number of para-hydroxylation sites is 1. The topological polar surface area (TPSA) is 137 Å². The molecule has 0 amide bonds. The Morgan fingerprint density at radius 2 is 1.97 bits per heavy atom. The third-order valence-electron chi connectivity index (χ3n) is 5.54. The normalized spacial score (nSPS) is 12.8. The first-order chi connectivity index (χ1) is 16.9. The standard InChI is InChI=1S/C24H20N4O6S/c1-2-33-24(32)19-17(23(30)31)18-21(35-19)26-20(25)22(29)28(18)14-8-9-16-15(12-14)27(10-11-34-16)13-6-4-3-5-7-13/h3-9,12H,2,10-11H2,1H3,(H2,25,26)(H,30,31). The van der Waals surface area contributed by atoms with Crippen LogP contribution in [0.3, 0.4) is 0 Å². The van der Waals surface area contributed by atoms with Crippen LogP contribution in [0.4, 0.5) is 17.2 Å². The van der Waals surface area contributed by atoms with Crippen molar-refractivity contribution in [3.8, 4) is 11.4 Å². The van der Waals surface area contributed by atoms with Crippen LogP contribution in [0.2, 0.25) is 0 Å². The van der Waals surface area contributed by atoms with Gasteiger partial charge in [0.05, 0.1) is 24.5 Å². The van der Waals surface area contributed by atoms with E-state index in [0.29, 0.717) is 30.3 Å². The van der Waals surface area contributed by atoms with E-state index in [-0.39, 0.29) is 33.2 Å². The molecule has 1 aliphatic rings. The fraction of sp³-hybridized carbons (Fsp3) is 0.167. The number of fused-ring (bicyclic) bond motifs is 2. The number of hydrogen-bond acceptors (Lipinski definition) is 9. The molecule has 0 spiro atoms. The lowest BCUT2D eigenvalue weighted by atomic mass is 10.1. The number of carboxylic acids is 1. The highest BCUT2D eigenvalue weighted by atomic mass is 32.1. The fourth-order valence-electron chi connectivity index (χ4n) is 4.07. The summed E-state index contributed by atoms with van der Waals surface area (Å²) >= 11 is 0.817. The Hall–Kier alpha value is -4.38. The molecule has 2 aromatic carbocycles. The number of thiophene rings is 1. The minimum atomic E-state index is -1.38. The number of benzene rings is 2. The van der Waals surface area contributed by atoms with Crippen molar-refractivity contribution in [1.29, 1.82) is 0 Å². The van der Waals surface area contributed by atoms with E-state index in [1.165, 1.54) is 4.57 Å². The Morgan fingerprint density at radius 1 is 1.20 bits per heavy atom. The number of ether oxygens (including phenoxy) is 2. The van der Waals surface area contributed by atoms with E-state index in [1.807, 2.05) is 35.2 Å². The van der Waals surface area contributed by atoms with Crippen LogP contribution < -0.4 is 20.9 Å². The molecule has 3 heterocycles. The first kappa shape index (κ1) is 22.4. The number of carboxylic acid groups (broad SMARTS) is 1. The number of rotatable bonds is 5. The Morgan fingerprint density at radius 3 is 2.69 bits per heavy atom. The van der Waals surface area contributed by atoms with E-state index >= 15 is 0 Å². The van der Waals surface area contributed by atoms with Crippen molar-refractivity contribution < 1.29 is 24.2 Å². The minimum absolute atomic E-state index is 0.0207. The SMILES string of the molecule is CCOC(=O)c1sc2nc(N)c(=O)n(-c3ccc4c(c3)N(c3ccccc3)CCO4)c2c1C(=O)O. The molecular formula is C24H20N4O6S. The zero-order chi connectivity index (χ0) is 24.7. The minimum Gasteiger partial charge on any atom is -0.490 e. The average molecular weight is 493 g/mol. The second-order valence-corrected chi connectivity index (χ2v) is 8.61. The summed E-state index contributed by atoms with van der Waals surface area (Å²) in [5.41, 5.74) is 6.83. The Bertz CT molecular complexity index is 1530. The molecular weight excluding hydrogens is 472 g/mol. The van der Waals surface area contributed by atoms with Gasteiger partial charge in [-0.2, -0.15) is 0 Å². The molecule has 11 heteroatoms. The maximum absolute atomic E-state index is 13.2. The van der Waals surface area contributed by atoms with Crippen LogP contribution in [0, 0.1) is 0 Å². The monoisotopic (exact) mass is 492 g/mol. The molecule has 0 bridgehead atoms. The van der Waals surface area contributed by atoms with Gasteiger partial charge in [-0.15, -0.1) is 11.3 Å². The van der Waals surface area contributed by atoms with Gasteiger partial charge in [0.15, 0.2) is 5.82 Å². The number of esters is 1. The zero-order valence-electron chi connectivity index (χ0n) is 18.6. The first-order valence-corrected chi connectivity index (χ1v) is 11.6. The number of nitrogens with two attached hydrogens (primary N) is 1. The number of aromatic nitrogens is 2. The van der Waals surface area contributed by atoms with Gasteiger partial charge in [-0.25, -0.2) is 14.6 Å². The number of anilines is 3. The van der Waals surface area contributed by atoms with E-state index in [1.54, 1.807) is 25.1 Å². The van der Waals surface area contributed by atoms with Gasteiger partial charge < -0.3 is 25.2 Å². The second kappa shape index (κ2) is 8.76. The molecule has 0 aliphatic carbocycles. The van der Waals surface area contributed by atoms with Crippen LogP contribution in [0.15, 0.2) is 53.3 Å². The van der Waals surface area contributed by atoms with Gasteiger partial charge in [0.25, 0.3) is 5.56 Å². The fourth-order valence-corrected chi connectivity index (χ4v) is 5.13. The molecule has 0 radical (unpaired) electrons. The van der Waals surface area contributed by atoms with Gasteiger partial charge in [0, 0.05) is 5.69 Å². The van der Waals surface area contributed by atoms with E-state index in [9.17, 15) is 19.5 Å². The molecule has 178 valence electrons. The largest absolute Gasteiger partial charge is 0.490 e. The van der Waals surface area contributed by atoms with E-state index in [0.717, 1.165) is 17.0 Å². The van der Waals surface area contributed by atoms with Crippen LogP contribution in [0.1, 0.15) is 27.0 Å². The van der Waals surface area contributed by atoms with Crippen molar-refractivity contribution in [2.75, 3.05) is 30.4 Å². The van der Waals surface area contributed by atoms with Gasteiger partial charge in [0.1, 0.15) is 33.1 Å². The highest BCUT2D eigenvalue weighted by molar-refractivity contribution is 7.20. The lowest BCUT2D eigenvalue weighted by Gasteiger charge is -2.31. The van der Waals surface area contributed by atoms with Crippen molar-refractivity contribution in [1.82, 2.24) is 9.55 Å². The quantitative estimate of drug-likeness (QED) is 0.401. The van der Waals surface area contributed by atoms with E-state index in [2.05, 4.69) is 4.98 Å². The molecule has 4 aromatic rings. The Balaban J connectivity index is 1.78. The Kier molecular flexibility index (Phi) is 5.61. The summed E-state index contributed by atoms with van der Waals surface area (Å²) in [4.78, 5) is 44.1. The summed E-state index contributed by atoms with van der Waals surface area (Å²) in [7, 11) is 0. The summed E-state index contributed by atoms with van der Waals surface area (Å²) < 4.78 is 12.0. The Labute approximate surface area is 202 Å². The molecule has 0 unspecified atom stereocenters. The average Bonchev–Trinajstić information content (AvgIpc) is 3.24. The van der Waals surface area contributed by atoms with Gasteiger partial charge in [-0.05, 0) is 37.3 Å². The van der Waals surface area contributed by atoms with Crippen LogP contribution in [-0.2, 0) is 4.74 Å². The van der Waals surface area contributed by atoms with Gasteiger partial charge in [-0.3, -0.25) is 9.36 Å². The molecule has 3 N–H and O–H groups in total. The van der Waals surface area contributed by atoms with Gasteiger partial charge in [-0.1, -0.05) is 18.2 Å². The van der Waals surface area contributed by atoms with Crippen LogP contribution in [-0.4, -0.2) is 46.4 Å². The number of carbonyl (C=O) groups is 2. The van der Waals surface area contributed by atoms with Gasteiger partial charge in [0.2, 0.25) is 0 Å². The lowest BCUT2D eigenvalue weighted by Crippen LogP contribution is -2.29. The number of nitrogens with zero attached hydrogens (tertiary/aromatic N) is 3. The maximum atomic E-state index is 13.2. The van der Waals surface area contributed by atoms with Crippen molar-refractivity contribution in [2.45, 2.75) is 6.92 Å². The summed E-state index contributed by atoms with van der Waals surface area (Å²) in [6.07, 6.45) is 0. The predicted molar refractivity (Wildman–Crippen MR) is 131 cm³/mol. The third-order valence-corrected chi connectivity index (χ3v) is 6.59. The molecule has 1 aliphatic heterocycles. The zero-order valence-corrected chi connectivity index (χ0v) is 19.4. The summed E-state index contributed by atoms with van der Waals surface area (Å²) in [5, 5.41) is 9.98. The van der Waals surface area contributed by atoms with Crippen LogP contribution in [0.5, 0.6) is 5.75 Å². The van der Waals surface area contributed by atoms with Crippen LogP contribution >= 0.6 is 11.3 Å². The summed E-state index contributed by atoms with van der Waals surface area (Å²) in [5.74, 6) is -1.89. The van der Waals surface area contributed by atoms with E-state index < -0.39 is 17.5 Å².